The number of likely N-dealkylation sites (tertiary alicyclic amines) is 1. The van der Waals surface area contributed by atoms with Crippen molar-refractivity contribution < 1.29 is 14.0 Å². The predicted octanol–water partition coefficient (Wildman–Crippen LogP) is 2.80. The van der Waals surface area contributed by atoms with Gasteiger partial charge in [-0.2, -0.15) is 4.73 Å². The highest BCUT2D eigenvalue weighted by molar-refractivity contribution is 5.20. The number of aromatic nitrogens is 2. The monoisotopic (exact) mass is 395 g/mol. The van der Waals surface area contributed by atoms with Crippen LogP contribution in [0.1, 0.15) is 23.2 Å². The first-order valence-electron chi connectivity index (χ1n) is 9.55. The first kappa shape index (κ1) is 19.1. The van der Waals surface area contributed by atoms with Crippen LogP contribution >= 0.6 is 0 Å². The molecule has 0 N–H and O–H groups in total. The minimum Gasteiger partial charge on any atom is -0.489 e. The van der Waals surface area contributed by atoms with Crippen LogP contribution in [0.3, 0.4) is 0 Å². The molecule has 1 fully saturated rings. The molecule has 0 atom stereocenters. The van der Waals surface area contributed by atoms with E-state index in [2.05, 4.69) is 9.88 Å². The molecule has 4 rings (SSSR count). The van der Waals surface area contributed by atoms with Gasteiger partial charge < -0.3 is 9.57 Å². The summed E-state index contributed by atoms with van der Waals surface area (Å²) >= 11 is 0. The van der Waals surface area contributed by atoms with E-state index in [1.807, 2.05) is 12.1 Å². The zero-order valence-electron chi connectivity index (χ0n) is 16.0. The Bertz CT molecular complexity index is 999. The molecule has 3 aromatic rings. The molecule has 0 aliphatic carbocycles. The van der Waals surface area contributed by atoms with Gasteiger partial charge in [-0.3, -0.25) is 14.7 Å². The molecule has 2 aromatic heterocycles. The quantitative estimate of drug-likeness (QED) is 0.587. The van der Waals surface area contributed by atoms with Gasteiger partial charge >= 0.3 is 0 Å². The molecule has 3 heterocycles. The highest BCUT2D eigenvalue weighted by Crippen LogP contribution is 2.12. The fourth-order valence-electron chi connectivity index (χ4n) is 2.94. The van der Waals surface area contributed by atoms with E-state index in [1.54, 1.807) is 24.4 Å². The van der Waals surface area contributed by atoms with Crippen molar-refractivity contribution in [1.82, 2.24) is 14.6 Å². The van der Waals surface area contributed by atoms with Crippen LogP contribution < -0.4 is 15.1 Å². The zero-order chi connectivity index (χ0) is 20.1. The molecule has 0 bridgehead atoms. The van der Waals surface area contributed by atoms with Crippen LogP contribution in [-0.4, -0.2) is 27.7 Å². The van der Waals surface area contributed by atoms with Gasteiger partial charge in [-0.25, -0.2) is 4.39 Å². The van der Waals surface area contributed by atoms with Gasteiger partial charge in [0.15, 0.2) is 0 Å². The minimum absolute atomic E-state index is 0.243. The molecule has 29 heavy (non-hydrogen) atoms. The summed E-state index contributed by atoms with van der Waals surface area (Å²) in [6, 6.07) is 13.0. The Morgan fingerprint density at radius 3 is 2.45 bits per heavy atom. The summed E-state index contributed by atoms with van der Waals surface area (Å²) in [4.78, 5) is 24.6. The Morgan fingerprint density at radius 2 is 1.79 bits per heavy atom. The van der Waals surface area contributed by atoms with Gasteiger partial charge in [0, 0.05) is 30.4 Å². The lowest BCUT2D eigenvalue weighted by Crippen LogP contribution is -2.36. The van der Waals surface area contributed by atoms with Crippen molar-refractivity contribution in [3.8, 4) is 5.75 Å². The Labute approximate surface area is 168 Å². The van der Waals surface area contributed by atoms with Crippen LogP contribution in [-0.2, 0) is 19.8 Å². The third-order valence-corrected chi connectivity index (χ3v) is 4.77. The Hall–Kier alpha value is -3.19. The third kappa shape index (κ3) is 5.20. The normalized spacial score (nSPS) is 13.7. The van der Waals surface area contributed by atoms with Gasteiger partial charge in [0.05, 0.1) is 11.9 Å². The Kier molecular flexibility index (Phi) is 5.86. The molecule has 0 unspecified atom stereocenters. The second-order valence-corrected chi connectivity index (χ2v) is 7.00. The van der Waals surface area contributed by atoms with Gasteiger partial charge in [-0.15, -0.1) is 0 Å². The van der Waals surface area contributed by atoms with Crippen LogP contribution in [0.2, 0.25) is 0 Å². The lowest BCUT2D eigenvalue weighted by Gasteiger charge is -2.30. The highest BCUT2D eigenvalue weighted by Gasteiger charge is 2.14. The summed E-state index contributed by atoms with van der Waals surface area (Å²) in [6.45, 7) is 3.64. The summed E-state index contributed by atoms with van der Waals surface area (Å²) in [5, 5.41) is 0. The highest BCUT2D eigenvalue weighted by atomic mass is 19.1. The van der Waals surface area contributed by atoms with E-state index in [4.69, 9.17) is 9.57 Å². The van der Waals surface area contributed by atoms with Crippen LogP contribution in [0.4, 0.5) is 4.39 Å². The zero-order valence-corrected chi connectivity index (χ0v) is 16.0. The number of rotatable bonds is 8. The Balaban J connectivity index is 1.29. The van der Waals surface area contributed by atoms with Crippen molar-refractivity contribution >= 4 is 0 Å². The molecule has 1 aliphatic heterocycles. The van der Waals surface area contributed by atoms with Gasteiger partial charge in [0.2, 0.25) is 0 Å². The summed E-state index contributed by atoms with van der Waals surface area (Å²) in [5.41, 5.74) is 2.41. The molecular weight excluding hydrogens is 373 g/mol. The minimum atomic E-state index is -0.330. The molecule has 0 saturated carbocycles. The van der Waals surface area contributed by atoms with E-state index in [1.165, 1.54) is 35.5 Å². The maximum absolute atomic E-state index is 12.9. The average molecular weight is 395 g/mol. The van der Waals surface area contributed by atoms with Crippen molar-refractivity contribution in [2.24, 2.45) is 0 Å². The number of hydrogen-bond donors (Lipinski definition) is 0. The molecule has 0 radical (unpaired) electrons. The first-order chi connectivity index (χ1) is 14.2. The molecule has 150 valence electrons. The van der Waals surface area contributed by atoms with Crippen molar-refractivity contribution in [2.45, 2.75) is 26.2 Å². The number of ether oxygens (including phenoxy) is 1. The predicted molar refractivity (Wildman–Crippen MR) is 106 cm³/mol. The van der Waals surface area contributed by atoms with Crippen molar-refractivity contribution in [2.75, 3.05) is 13.1 Å². The number of pyridine rings is 2. The van der Waals surface area contributed by atoms with E-state index < -0.39 is 0 Å². The molecule has 1 saturated heterocycles. The van der Waals surface area contributed by atoms with Crippen molar-refractivity contribution in [1.29, 1.82) is 0 Å². The third-order valence-electron chi connectivity index (χ3n) is 4.77. The summed E-state index contributed by atoms with van der Waals surface area (Å²) < 4.78 is 19.7. The number of benzene rings is 1. The van der Waals surface area contributed by atoms with Crippen LogP contribution in [0.15, 0.2) is 65.7 Å². The number of halogens is 1. The maximum atomic E-state index is 12.9. The topological polar surface area (TPSA) is 56.6 Å². The molecule has 0 amide bonds. The van der Waals surface area contributed by atoms with Gasteiger partial charge in [-0.1, -0.05) is 18.2 Å². The second kappa shape index (κ2) is 8.87. The lowest BCUT2D eigenvalue weighted by molar-refractivity contribution is 0.0882. The number of nitrogens with zero attached hydrogens (tertiary/aromatic N) is 3. The molecule has 1 aliphatic rings. The van der Waals surface area contributed by atoms with Crippen molar-refractivity contribution in [3.63, 3.8) is 0 Å². The lowest BCUT2D eigenvalue weighted by atomic mass is 10.2. The van der Waals surface area contributed by atoms with Gasteiger partial charge in [0.25, 0.3) is 5.56 Å². The van der Waals surface area contributed by atoms with E-state index in [0.29, 0.717) is 5.75 Å². The van der Waals surface area contributed by atoms with Gasteiger partial charge in [0.1, 0.15) is 24.8 Å². The first-order valence-corrected chi connectivity index (χ1v) is 9.55. The summed E-state index contributed by atoms with van der Waals surface area (Å²) in [5.74, 6) is 0.130. The van der Waals surface area contributed by atoms with E-state index in [0.717, 1.165) is 36.5 Å². The molecule has 7 heteroatoms. The maximum Gasteiger partial charge on any atom is 0.286 e. The molecular formula is C22H22FN3O3. The van der Waals surface area contributed by atoms with E-state index in [9.17, 15) is 9.18 Å². The standard InChI is InChI=1S/C22H22FN3O3/c23-19-5-2-17(3-6-19)15-28-21-8-11-26(22(27)12-21)29-16-18-4-7-20(24-13-18)14-25-9-1-10-25/h2-8,11-13H,1,9-10,14-16H2. The Morgan fingerprint density at radius 1 is 1.00 bits per heavy atom. The van der Waals surface area contributed by atoms with Crippen LogP contribution in [0.25, 0.3) is 0 Å². The molecule has 6 nitrogen and oxygen atoms in total. The van der Waals surface area contributed by atoms with E-state index in [-0.39, 0.29) is 24.6 Å². The average Bonchev–Trinajstić information content (AvgIpc) is 2.70. The molecule has 1 aromatic carbocycles. The van der Waals surface area contributed by atoms with Gasteiger partial charge in [-0.05, 0) is 43.3 Å². The fraction of sp³-hybridized carbons (Fsp3) is 0.273. The van der Waals surface area contributed by atoms with Crippen molar-refractivity contribution in [3.05, 3.63) is 93.9 Å². The largest absolute Gasteiger partial charge is 0.489 e. The van der Waals surface area contributed by atoms with Crippen LogP contribution in [0, 0.1) is 5.82 Å². The smallest absolute Gasteiger partial charge is 0.286 e. The summed E-state index contributed by atoms with van der Waals surface area (Å²) in [6.07, 6.45) is 4.56. The molecule has 0 spiro atoms. The fourth-order valence-corrected chi connectivity index (χ4v) is 2.94. The number of hydrogen-bond acceptors (Lipinski definition) is 5. The van der Waals surface area contributed by atoms with E-state index >= 15 is 0 Å². The van der Waals surface area contributed by atoms with Crippen LogP contribution in [0.5, 0.6) is 5.75 Å². The second-order valence-electron chi connectivity index (χ2n) is 7.00. The summed E-state index contributed by atoms with van der Waals surface area (Å²) in [7, 11) is 0. The SMILES string of the molecule is O=c1cc(OCc2ccc(F)cc2)ccn1OCc1ccc(CN2CCC2)nc1.